The molecule has 3 rings (SSSR count). The highest BCUT2D eigenvalue weighted by Gasteiger charge is 2.53. The Morgan fingerprint density at radius 2 is 2.00 bits per heavy atom. The minimum atomic E-state index is 0.0941. The Hall–Kier alpha value is -1.82. The van der Waals surface area contributed by atoms with Crippen LogP contribution in [-0.2, 0) is 11.2 Å². The SMILES string of the molecule is N#Cc1ccc(CC(=O)NCC2(C3CC3)CC2)cc1. The van der Waals surface area contributed by atoms with Crippen molar-refractivity contribution in [3.05, 3.63) is 35.4 Å². The number of nitrogens with zero attached hydrogens (tertiary/aromatic N) is 1. The fraction of sp³-hybridized carbons (Fsp3) is 0.500. The molecule has 1 aromatic rings. The largest absolute Gasteiger partial charge is 0.355 e. The predicted molar refractivity (Wildman–Crippen MR) is 72.3 cm³/mol. The van der Waals surface area contributed by atoms with Gasteiger partial charge in [-0.1, -0.05) is 12.1 Å². The summed E-state index contributed by atoms with van der Waals surface area (Å²) in [5, 5.41) is 11.8. The second-order valence-corrected chi connectivity index (χ2v) is 5.90. The molecule has 3 heteroatoms. The lowest BCUT2D eigenvalue weighted by Crippen LogP contribution is -2.32. The summed E-state index contributed by atoms with van der Waals surface area (Å²) in [7, 11) is 0. The summed E-state index contributed by atoms with van der Waals surface area (Å²) < 4.78 is 0. The molecule has 1 amide bonds. The average Bonchev–Trinajstić information content (AvgIpc) is 3.29. The van der Waals surface area contributed by atoms with Gasteiger partial charge in [-0.3, -0.25) is 4.79 Å². The Bertz CT molecular complexity index is 519. The van der Waals surface area contributed by atoms with Crippen LogP contribution in [0.15, 0.2) is 24.3 Å². The molecule has 0 bridgehead atoms. The minimum absolute atomic E-state index is 0.0941. The van der Waals surface area contributed by atoms with E-state index in [1.807, 2.05) is 12.1 Å². The first-order chi connectivity index (χ1) is 9.22. The minimum Gasteiger partial charge on any atom is -0.355 e. The molecule has 0 aliphatic heterocycles. The standard InChI is InChI=1S/C16H18N2O/c17-10-13-3-1-12(2-4-13)9-15(19)18-11-16(7-8-16)14-5-6-14/h1-4,14H,5-9,11H2,(H,18,19). The molecule has 2 aliphatic rings. The first kappa shape index (κ1) is 12.2. The number of carbonyl (C=O) groups is 1. The molecule has 0 aromatic heterocycles. The molecule has 1 aromatic carbocycles. The van der Waals surface area contributed by atoms with Gasteiger partial charge in [0.15, 0.2) is 0 Å². The van der Waals surface area contributed by atoms with Crippen molar-refractivity contribution in [1.82, 2.24) is 5.32 Å². The van der Waals surface area contributed by atoms with Crippen LogP contribution in [0, 0.1) is 22.7 Å². The van der Waals surface area contributed by atoms with Gasteiger partial charge >= 0.3 is 0 Å². The van der Waals surface area contributed by atoms with Crippen molar-refractivity contribution < 1.29 is 4.79 Å². The van der Waals surface area contributed by atoms with E-state index in [2.05, 4.69) is 11.4 Å². The van der Waals surface area contributed by atoms with Crippen molar-refractivity contribution in [2.45, 2.75) is 32.1 Å². The van der Waals surface area contributed by atoms with E-state index >= 15 is 0 Å². The van der Waals surface area contributed by atoms with Gasteiger partial charge in [-0.15, -0.1) is 0 Å². The number of hydrogen-bond acceptors (Lipinski definition) is 2. The van der Waals surface area contributed by atoms with Crippen molar-refractivity contribution in [3.63, 3.8) is 0 Å². The van der Waals surface area contributed by atoms with Crippen molar-refractivity contribution in [2.75, 3.05) is 6.54 Å². The van der Waals surface area contributed by atoms with E-state index in [9.17, 15) is 4.79 Å². The van der Waals surface area contributed by atoms with Gasteiger partial charge in [-0.25, -0.2) is 0 Å². The van der Waals surface area contributed by atoms with E-state index in [0.29, 0.717) is 17.4 Å². The maximum Gasteiger partial charge on any atom is 0.224 e. The molecule has 2 aliphatic carbocycles. The number of nitriles is 1. The molecule has 0 unspecified atom stereocenters. The number of amides is 1. The normalized spacial score (nSPS) is 19.5. The summed E-state index contributed by atoms with van der Waals surface area (Å²) in [6.07, 6.45) is 5.69. The van der Waals surface area contributed by atoms with Crippen molar-refractivity contribution in [2.24, 2.45) is 11.3 Å². The second kappa shape index (κ2) is 4.70. The van der Waals surface area contributed by atoms with E-state index in [1.165, 1.54) is 25.7 Å². The zero-order valence-electron chi connectivity index (χ0n) is 11.0. The zero-order chi connectivity index (χ0) is 13.3. The van der Waals surface area contributed by atoms with Gasteiger partial charge in [0.05, 0.1) is 18.1 Å². The van der Waals surface area contributed by atoms with Crippen LogP contribution in [0.1, 0.15) is 36.8 Å². The van der Waals surface area contributed by atoms with Gasteiger partial charge in [0, 0.05) is 6.54 Å². The van der Waals surface area contributed by atoms with Crippen LogP contribution in [0.5, 0.6) is 0 Å². The summed E-state index contributed by atoms with van der Waals surface area (Å²) >= 11 is 0. The van der Waals surface area contributed by atoms with Gasteiger partial charge < -0.3 is 5.32 Å². The number of benzene rings is 1. The van der Waals surface area contributed by atoms with E-state index < -0.39 is 0 Å². The summed E-state index contributed by atoms with van der Waals surface area (Å²) in [5.41, 5.74) is 2.06. The zero-order valence-corrected chi connectivity index (χ0v) is 11.0. The number of hydrogen-bond donors (Lipinski definition) is 1. The van der Waals surface area contributed by atoms with Crippen LogP contribution in [0.25, 0.3) is 0 Å². The Morgan fingerprint density at radius 1 is 1.32 bits per heavy atom. The third kappa shape index (κ3) is 2.78. The maximum atomic E-state index is 11.9. The Balaban J connectivity index is 1.49. The highest BCUT2D eigenvalue weighted by Crippen LogP contribution is 2.60. The molecule has 2 saturated carbocycles. The van der Waals surface area contributed by atoms with E-state index in [4.69, 9.17) is 5.26 Å². The summed E-state index contributed by atoms with van der Waals surface area (Å²) in [5.74, 6) is 0.972. The molecule has 3 nitrogen and oxygen atoms in total. The smallest absolute Gasteiger partial charge is 0.224 e. The Kier molecular flexibility index (Phi) is 3.02. The first-order valence-corrected chi connectivity index (χ1v) is 6.98. The highest BCUT2D eigenvalue weighted by molar-refractivity contribution is 5.78. The topological polar surface area (TPSA) is 52.9 Å². The van der Waals surface area contributed by atoms with Crippen LogP contribution in [-0.4, -0.2) is 12.5 Å². The monoisotopic (exact) mass is 254 g/mol. The lowest BCUT2D eigenvalue weighted by atomic mass is 10.0. The summed E-state index contributed by atoms with van der Waals surface area (Å²) in [6.45, 7) is 0.854. The average molecular weight is 254 g/mol. The van der Waals surface area contributed by atoms with Gasteiger partial charge in [0.1, 0.15) is 0 Å². The molecule has 0 heterocycles. The maximum absolute atomic E-state index is 11.9. The molecule has 0 spiro atoms. The molecule has 19 heavy (non-hydrogen) atoms. The number of nitrogens with one attached hydrogen (secondary N) is 1. The predicted octanol–water partition coefficient (Wildman–Crippen LogP) is 2.41. The van der Waals surface area contributed by atoms with Crippen molar-refractivity contribution in [1.29, 1.82) is 5.26 Å². The van der Waals surface area contributed by atoms with Crippen LogP contribution in [0.4, 0.5) is 0 Å². The Labute approximate surface area is 113 Å². The fourth-order valence-electron chi connectivity index (χ4n) is 2.81. The fourth-order valence-corrected chi connectivity index (χ4v) is 2.81. The molecule has 0 atom stereocenters. The van der Waals surface area contributed by atoms with Crippen LogP contribution in [0.3, 0.4) is 0 Å². The van der Waals surface area contributed by atoms with E-state index in [0.717, 1.165) is 18.0 Å². The van der Waals surface area contributed by atoms with Crippen LogP contribution < -0.4 is 5.32 Å². The van der Waals surface area contributed by atoms with Gasteiger partial charge in [0.25, 0.3) is 0 Å². The molecular formula is C16H18N2O. The van der Waals surface area contributed by atoms with E-state index in [1.54, 1.807) is 12.1 Å². The van der Waals surface area contributed by atoms with E-state index in [-0.39, 0.29) is 5.91 Å². The molecular weight excluding hydrogens is 236 g/mol. The summed E-state index contributed by atoms with van der Waals surface area (Å²) in [6, 6.07) is 9.30. The quantitative estimate of drug-likeness (QED) is 0.877. The third-order valence-electron chi connectivity index (χ3n) is 4.42. The summed E-state index contributed by atoms with van der Waals surface area (Å²) in [4.78, 5) is 11.9. The Morgan fingerprint density at radius 3 is 2.53 bits per heavy atom. The molecule has 98 valence electrons. The molecule has 2 fully saturated rings. The van der Waals surface area contributed by atoms with Gasteiger partial charge in [-0.2, -0.15) is 5.26 Å². The second-order valence-electron chi connectivity index (χ2n) is 5.90. The van der Waals surface area contributed by atoms with Crippen LogP contribution >= 0.6 is 0 Å². The number of rotatable bonds is 5. The van der Waals surface area contributed by atoms with Gasteiger partial charge in [-0.05, 0) is 54.7 Å². The van der Waals surface area contributed by atoms with Gasteiger partial charge in [0.2, 0.25) is 5.91 Å². The highest BCUT2D eigenvalue weighted by atomic mass is 16.1. The van der Waals surface area contributed by atoms with Crippen molar-refractivity contribution in [3.8, 4) is 6.07 Å². The third-order valence-corrected chi connectivity index (χ3v) is 4.42. The first-order valence-electron chi connectivity index (χ1n) is 6.98. The van der Waals surface area contributed by atoms with Crippen molar-refractivity contribution >= 4 is 5.91 Å². The number of carbonyl (C=O) groups excluding carboxylic acids is 1. The lowest BCUT2D eigenvalue weighted by molar-refractivity contribution is -0.120. The molecule has 1 N–H and O–H groups in total. The molecule has 0 radical (unpaired) electrons. The molecule has 0 saturated heterocycles. The lowest BCUT2D eigenvalue weighted by Gasteiger charge is -2.14. The van der Waals surface area contributed by atoms with Crippen LogP contribution in [0.2, 0.25) is 0 Å².